The summed E-state index contributed by atoms with van der Waals surface area (Å²) >= 11 is 0. The molecule has 0 saturated heterocycles. The Morgan fingerprint density at radius 3 is 2.67 bits per heavy atom. The van der Waals surface area contributed by atoms with Gasteiger partial charge in [0.1, 0.15) is 17.2 Å². The van der Waals surface area contributed by atoms with E-state index in [1.54, 1.807) is 12.5 Å². The summed E-state index contributed by atoms with van der Waals surface area (Å²) in [5.74, 6) is 2.32. The van der Waals surface area contributed by atoms with E-state index in [9.17, 15) is 0 Å². The molecule has 0 atom stereocenters. The summed E-state index contributed by atoms with van der Waals surface area (Å²) in [4.78, 5) is 20.2. The zero-order valence-electron chi connectivity index (χ0n) is 15.0. The molecule has 3 aromatic rings. The topological polar surface area (TPSA) is 59.7 Å². The van der Waals surface area contributed by atoms with Crippen molar-refractivity contribution in [2.24, 2.45) is 13.0 Å². The third kappa shape index (κ3) is 3.09. The lowest BCUT2D eigenvalue weighted by molar-refractivity contribution is 0.617. The minimum absolute atomic E-state index is 0.548. The van der Waals surface area contributed by atoms with Crippen molar-refractivity contribution in [3.8, 4) is 0 Å². The van der Waals surface area contributed by atoms with Gasteiger partial charge in [0.05, 0.1) is 35.6 Å². The standard InChI is InChI=1S/C18H24N6/c1-6-13-16(10-19-17(22-13)7-12(2)3)24(5)18-8-15-14(9-20-18)21-11-23(15)4/h8-12H,6-7H2,1-5H3. The summed E-state index contributed by atoms with van der Waals surface area (Å²) < 4.78 is 2.00. The first-order valence-electron chi connectivity index (χ1n) is 8.35. The van der Waals surface area contributed by atoms with E-state index in [-0.39, 0.29) is 0 Å². The summed E-state index contributed by atoms with van der Waals surface area (Å²) in [6, 6.07) is 2.05. The fourth-order valence-corrected chi connectivity index (χ4v) is 2.78. The molecule has 0 aliphatic carbocycles. The highest BCUT2D eigenvalue weighted by Gasteiger charge is 2.14. The molecule has 3 rings (SSSR count). The zero-order valence-corrected chi connectivity index (χ0v) is 15.0. The van der Waals surface area contributed by atoms with Crippen molar-refractivity contribution in [3.63, 3.8) is 0 Å². The second kappa shape index (κ2) is 6.55. The lowest BCUT2D eigenvalue weighted by Crippen LogP contribution is -2.16. The Balaban J connectivity index is 1.98. The van der Waals surface area contributed by atoms with Gasteiger partial charge in [-0.2, -0.15) is 0 Å². The number of hydrogen-bond acceptors (Lipinski definition) is 5. The van der Waals surface area contributed by atoms with Crippen LogP contribution < -0.4 is 4.90 Å². The van der Waals surface area contributed by atoms with Gasteiger partial charge in [-0.25, -0.2) is 19.9 Å². The van der Waals surface area contributed by atoms with Gasteiger partial charge in [0.15, 0.2) is 0 Å². The second-order valence-corrected chi connectivity index (χ2v) is 6.52. The van der Waals surface area contributed by atoms with Crippen LogP contribution in [0.3, 0.4) is 0 Å². The zero-order chi connectivity index (χ0) is 17.3. The normalized spacial score (nSPS) is 11.4. The van der Waals surface area contributed by atoms with Crippen molar-refractivity contribution < 1.29 is 0 Å². The molecule has 0 bridgehead atoms. The van der Waals surface area contributed by atoms with Gasteiger partial charge in [0.2, 0.25) is 0 Å². The van der Waals surface area contributed by atoms with Crippen LogP contribution in [0.2, 0.25) is 0 Å². The fourth-order valence-electron chi connectivity index (χ4n) is 2.78. The summed E-state index contributed by atoms with van der Waals surface area (Å²) in [5.41, 5.74) is 4.00. The minimum Gasteiger partial charge on any atom is -0.334 e. The third-order valence-corrected chi connectivity index (χ3v) is 4.12. The monoisotopic (exact) mass is 324 g/mol. The van der Waals surface area contributed by atoms with Crippen molar-refractivity contribution in [3.05, 3.63) is 36.3 Å². The van der Waals surface area contributed by atoms with Gasteiger partial charge in [-0.1, -0.05) is 20.8 Å². The average Bonchev–Trinajstić information content (AvgIpc) is 2.94. The van der Waals surface area contributed by atoms with E-state index >= 15 is 0 Å². The van der Waals surface area contributed by atoms with Crippen molar-refractivity contribution in [2.45, 2.75) is 33.6 Å². The molecule has 6 heteroatoms. The van der Waals surface area contributed by atoms with Crippen molar-refractivity contribution in [1.82, 2.24) is 24.5 Å². The smallest absolute Gasteiger partial charge is 0.134 e. The molecule has 0 fully saturated rings. The molecule has 0 unspecified atom stereocenters. The molecule has 0 radical (unpaired) electrons. The highest BCUT2D eigenvalue weighted by Crippen LogP contribution is 2.26. The molecular weight excluding hydrogens is 300 g/mol. The lowest BCUT2D eigenvalue weighted by Gasteiger charge is -2.21. The van der Waals surface area contributed by atoms with Gasteiger partial charge >= 0.3 is 0 Å². The quantitative estimate of drug-likeness (QED) is 0.721. The highest BCUT2D eigenvalue weighted by molar-refractivity contribution is 5.78. The predicted octanol–water partition coefficient (Wildman–Crippen LogP) is 3.29. The lowest BCUT2D eigenvalue weighted by atomic mass is 10.1. The van der Waals surface area contributed by atoms with E-state index < -0.39 is 0 Å². The van der Waals surface area contributed by atoms with Crippen molar-refractivity contribution >= 4 is 22.5 Å². The molecule has 0 aliphatic heterocycles. The molecule has 0 aromatic carbocycles. The Kier molecular flexibility index (Phi) is 4.46. The minimum atomic E-state index is 0.548. The molecule has 0 N–H and O–H groups in total. The Morgan fingerprint density at radius 1 is 1.17 bits per heavy atom. The third-order valence-electron chi connectivity index (χ3n) is 4.12. The second-order valence-electron chi connectivity index (χ2n) is 6.52. The van der Waals surface area contributed by atoms with Crippen LogP contribution in [0.15, 0.2) is 24.8 Å². The molecule has 0 spiro atoms. The Bertz CT molecular complexity index is 852. The summed E-state index contributed by atoms with van der Waals surface area (Å²) in [6.07, 6.45) is 7.29. The van der Waals surface area contributed by atoms with Crippen LogP contribution >= 0.6 is 0 Å². The van der Waals surface area contributed by atoms with Crippen LogP contribution in [-0.2, 0) is 19.9 Å². The Morgan fingerprint density at radius 2 is 1.96 bits per heavy atom. The van der Waals surface area contributed by atoms with Crippen molar-refractivity contribution in [1.29, 1.82) is 0 Å². The number of fused-ring (bicyclic) bond motifs is 1. The van der Waals surface area contributed by atoms with Gasteiger partial charge in [-0.05, 0) is 12.3 Å². The fraction of sp³-hybridized carbons (Fsp3) is 0.444. The first kappa shape index (κ1) is 16.4. The number of imidazole rings is 1. The SMILES string of the molecule is CCc1nc(CC(C)C)ncc1N(C)c1cc2c(cn1)ncn2C. The maximum absolute atomic E-state index is 4.75. The summed E-state index contributed by atoms with van der Waals surface area (Å²) in [5, 5.41) is 0. The maximum atomic E-state index is 4.75. The van der Waals surface area contributed by atoms with E-state index in [0.717, 1.165) is 46.9 Å². The molecular formula is C18H24N6. The van der Waals surface area contributed by atoms with Crippen LogP contribution in [0.5, 0.6) is 0 Å². The summed E-state index contributed by atoms with van der Waals surface area (Å²) in [7, 11) is 3.99. The van der Waals surface area contributed by atoms with Gasteiger partial charge in [0.25, 0.3) is 0 Å². The number of nitrogens with zero attached hydrogens (tertiary/aromatic N) is 6. The Hall–Kier alpha value is -2.50. The van der Waals surface area contributed by atoms with E-state index in [1.807, 2.05) is 35.8 Å². The molecule has 0 saturated carbocycles. The molecule has 0 aliphatic rings. The molecule has 3 aromatic heterocycles. The van der Waals surface area contributed by atoms with Crippen LogP contribution in [0.25, 0.3) is 11.0 Å². The largest absolute Gasteiger partial charge is 0.334 e. The van der Waals surface area contributed by atoms with Crippen molar-refractivity contribution in [2.75, 3.05) is 11.9 Å². The van der Waals surface area contributed by atoms with Gasteiger partial charge < -0.3 is 9.47 Å². The van der Waals surface area contributed by atoms with Gasteiger partial charge in [-0.3, -0.25) is 0 Å². The molecule has 3 heterocycles. The van der Waals surface area contributed by atoms with E-state index in [2.05, 4.69) is 35.7 Å². The number of aryl methyl sites for hydroxylation is 2. The van der Waals surface area contributed by atoms with E-state index in [1.165, 1.54) is 0 Å². The molecule has 6 nitrogen and oxygen atoms in total. The number of aromatic nitrogens is 5. The van der Waals surface area contributed by atoms with Gasteiger partial charge in [0, 0.05) is 26.6 Å². The Labute approximate surface area is 142 Å². The van der Waals surface area contributed by atoms with Crippen LogP contribution in [0.4, 0.5) is 11.5 Å². The average molecular weight is 324 g/mol. The molecule has 0 amide bonds. The first-order valence-corrected chi connectivity index (χ1v) is 8.35. The van der Waals surface area contributed by atoms with Crippen LogP contribution in [-0.4, -0.2) is 31.6 Å². The number of rotatable bonds is 5. The van der Waals surface area contributed by atoms with E-state index in [0.29, 0.717) is 5.92 Å². The number of pyridine rings is 1. The first-order chi connectivity index (χ1) is 11.5. The van der Waals surface area contributed by atoms with Crippen LogP contribution in [0, 0.1) is 5.92 Å². The highest BCUT2D eigenvalue weighted by atomic mass is 15.2. The molecule has 126 valence electrons. The maximum Gasteiger partial charge on any atom is 0.134 e. The number of anilines is 2. The summed E-state index contributed by atoms with van der Waals surface area (Å²) in [6.45, 7) is 6.49. The van der Waals surface area contributed by atoms with Crippen LogP contribution in [0.1, 0.15) is 32.3 Å². The van der Waals surface area contributed by atoms with E-state index in [4.69, 9.17) is 4.98 Å². The van der Waals surface area contributed by atoms with Gasteiger partial charge in [-0.15, -0.1) is 0 Å². The number of hydrogen-bond donors (Lipinski definition) is 0. The molecule has 24 heavy (non-hydrogen) atoms. The predicted molar refractivity (Wildman–Crippen MR) is 96.5 cm³/mol.